The van der Waals surface area contributed by atoms with Crippen molar-refractivity contribution in [1.82, 2.24) is 4.57 Å². The van der Waals surface area contributed by atoms with Gasteiger partial charge in [0.1, 0.15) is 5.82 Å². The van der Waals surface area contributed by atoms with Crippen LogP contribution in [0.1, 0.15) is 11.3 Å². The first-order valence-corrected chi connectivity index (χ1v) is 9.66. The summed E-state index contributed by atoms with van der Waals surface area (Å²) in [5, 5.41) is 12.0. The minimum atomic E-state index is -3.29. The van der Waals surface area contributed by atoms with Gasteiger partial charge in [-0.05, 0) is 48.9 Å². The number of aromatic nitrogens is 1. The monoisotopic (exact) mass is 372 g/mol. The molecule has 134 valence electrons. The second-order valence-electron chi connectivity index (χ2n) is 5.93. The Labute approximate surface area is 150 Å². The van der Waals surface area contributed by atoms with Crippen LogP contribution in [0.5, 0.6) is 0 Å². The summed E-state index contributed by atoms with van der Waals surface area (Å²) in [6.45, 7) is 1.83. The molecule has 1 heterocycles. The van der Waals surface area contributed by atoms with E-state index < -0.39 is 9.84 Å². The quantitative estimate of drug-likeness (QED) is 0.430. The van der Waals surface area contributed by atoms with Gasteiger partial charge in [-0.3, -0.25) is 0 Å². The topological polar surface area (TPSA) is 71.7 Å². The van der Waals surface area contributed by atoms with Crippen LogP contribution in [0.2, 0.25) is 0 Å². The van der Waals surface area contributed by atoms with Crippen LogP contribution in [0, 0.1) is 12.7 Å². The maximum Gasteiger partial charge on any atom is 0.175 e. The highest BCUT2D eigenvalue weighted by Crippen LogP contribution is 2.30. The molecule has 0 aliphatic carbocycles. The third kappa shape index (κ3) is 3.39. The van der Waals surface area contributed by atoms with Crippen molar-refractivity contribution < 1.29 is 18.0 Å². The largest absolute Gasteiger partial charge is 0.411 e. The van der Waals surface area contributed by atoms with E-state index in [1.807, 2.05) is 11.5 Å². The van der Waals surface area contributed by atoms with Crippen molar-refractivity contribution in [3.05, 3.63) is 71.7 Å². The van der Waals surface area contributed by atoms with Crippen LogP contribution in [-0.4, -0.2) is 30.7 Å². The van der Waals surface area contributed by atoms with Crippen molar-refractivity contribution in [2.75, 3.05) is 6.26 Å². The SMILES string of the molecule is Cc1c(/C=N\O)cc(-c2ccc(S(C)(=O)=O)cc2)n1-c1cccc(F)c1. The molecule has 0 fully saturated rings. The van der Waals surface area contributed by atoms with E-state index in [-0.39, 0.29) is 10.7 Å². The second-order valence-corrected chi connectivity index (χ2v) is 7.94. The third-order valence-electron chi connectivity index (χ3n) is 4.13. The fraction of sp³-hybridized carbons (Fsp3) is 0.105. The van der Waals surface area contributed by atoms with Crippen LogP contribution < -0.4 is 0 Å². The van der Waals surface area contributed by atoms with Crippen LogP contribution in [0.4, 0.5) is 4.39 Å². The molecule has 1 N–H and O–H groups in total. The molecule has 0 spiro atoms. The first kappa shape index (κ1) is 17.9. The molecule has 3 aromatic rings. The maximum absolute atomic E-state index is 13.7. The zero-order chi connectivity index (χ0) is 18.9. The Morgan fingerprint density at radius 3 is 2.38 bits per heavy atom. The average Bonchev–Trinajstić information content (AvgIpc) is 2.91. The molecule has 0 saturated carbocycles. The van der Waals surface area contributed by atoms with Gasteiger partial charge in [-0.2, -0.15) is 0 Å². The van der Waals surface area contributed by atoms with E-state index in [4.69, 9.17) is 5.21 Å². The first-order chi connectivity index (χ1) is 12.3. The van der Waals surface area contributed by atoms with E-state index in [0.29, 0.717) is 11.3 Å². The van der Waals surface area contributed by atoms with Crippen molar-refractivity contribution in [2.24, 2.45) is 5.16 Å². The Bertz CT molecular complexity index is 1080. The minimum absolute atomic E-state index is 0.221. The number of rotatable bonds is 4. The summed E-state index contributed by atoms with van der Waals surface area (Å²) in [5.74, 6) is -0.369. The van der Waals surface area contributed by atoms with Crippen molar-refractivity contribution in [3.8, 4) is 16.9 Å². The molecule has 5 nitrogen and oxygen atoms in total. The van der Waals surface area contributed by atoms with E-state index in [1.165, 1.54) is 30.5 Å². The lowest BCUT2D eigenvalue weighted by Crippen LogP contribution is -2.01. The molecule has 7 heteroatoms. The fourth-order valence-electron chi connectivity index (χ4n) is 2.85. The molecule has 0 aliphatic heterocycles. The van der Waals surface area contributed by atoms with E-state index in [9.17, 15) is 12.8 Å². The Morgan fingerprint density at radius 1 is 1.12 bits per heavy atom. The van der Waals surface area contributed by atoms with Crippen molar-refractivity contribution >= 4 is 16.1 Å². The number of oxime groups is 1. The van der Waals surface area contributed by atoms with Gasteiger partial charge in [-0.25, -0.2) is 12.8 Å². The molecule has 3 rings (SSSR count). The summed E-state index contributed by atoms with van der Waals surface area (Å²) < 4.78 is 38.9. The Balaban J connectivity index is 2.22. The summed E-state index contributed by atoms with van der Waals surface area (Å²) >= 11 is 0. The van der Waals surface area contributed by atoms with Crippen LogP contribution in [0.3, 0.4) is 0 Å². The zero-order valence-corrected chi connectivity index (χ0v) is 15.0. The number of halogens is 1. The third-order valence-corrected chi connectivity index (χ3v) is 5.26. The van der Waals surface area contributed by atoms with Gasteiger partial charge < -0.3 is 9.77 Å². The van der Waals surface area contributed by atoms with Gasteiger partial charge >= 0.3 is 0 Å². The van der Waals surface area contributed by atoms with E-state index >= 15 is 0 Å². The lowest BCUT2D eigenvalue weighted by molar-refractivity contribution is 0.322. The van der Waals surface area contributed by atoms with Gasteiger partial charge in [0, 0.05) is 23.2 Å². The minimum Gasteiger partial charge on any atom is -0.411 e. The van der Waals surface area contributed by atoms with Gasteiger partial charge in [-0.1, -0.05) is 23.4 Å². The standard InChI is InChI=1S/C19H17FN2O3S/c1-13-15(12-21-23)10-19(22(13)17-5-3-4-16(20)11-17)14-6-8-18(9-7-14)26(2,24)25/h3-12,23H,1-2H3/b21-12-. The molecule has 0 amide bonds. The maximum atomic E-state index is 13.7. The molecule has 26 heavy (non-hydrogen) atoms. The predicted octanol–water partition coefficient (Wildman–Crippen LogP) is 3.80. The smallest absolute Gasteiger partial charge is 0.175 e. The predicted molar refractivity (Wildman–Crippen MR) is 98.4 cm³/mol. The van der Waals surface area contributed by atoms with Crippen LogP contribution >= 0.6 is 0 Å². The fourth-order valence-corrected chi connectivity index (χ4v) is 3.48. The first-order valence-electron chi connectivity index (χ1n) is 7.77. The Hall–Kier alpha value is -2.93. The molecular formula is C19H17FN2O3S. The number of sulfone groups is 1. The zero-order valence-electron chi connectivity index (χ0n) is 14.2. The van der Waals surface area contributed by atoms with Gasteiger partial charge in [0.25, 0.3) is 0 Å². The number of nitrogens with zero attached hydrogens (tertiary/aromatic N) is 2. The highest BCUT2D eigenvalue weighted by Gasteiger charge is 2.15. The summed E-state index contributed by atoms with van der Waals surface area (Å²) in [7, 11) is -3.29. The molecule has 0 bridgehead atoms. The Kier molecular flexibility index (Phi) is 4.65. The summed E-state index contributed by atoms with van der Waals surface area (Å²) in [6.07, 6.45) is 2.46. The van der Waals surface area contributed by atoms with Crippen LogP contribution in [0.15, 0.2) is 64.6 Å². The van der Waals surface area contributed by atoms with E-state index in [1.54, 1.807) is 30.3 Å². The van der Waals surface area contributed by atoms with Crippen LogP contribution in [-0.2, 0) is 9.84 Å². The van der Waals surface area contributed by atoms with Crippen LogP contribution in [0.25, 0.3) is 16.9 Å². The van der Waals surface area contributed by atoms with Crippen molar-refractivity contribution in [1.29, 1.82) is 0 Å². The molecule has 0 unspecified atom stereocenters. The van der Waals surface area contributed by atoms with Gasteiger partial charge in [-0.15, -0.1) is 0 Å². The summed E-state index contributed by atoms with van der Waals surface area (Å²) in [4.78, 5) is 0.221. The molecule has 0 saturated heterocycles. The average molecular weight is 372 g/mol. The Morgan fingerprint density at radius 2 is 1.81 bits per heavy atom. The lowest BCUT2D eigenvalue weighted by atomic mass is 10.1. The van der Waals surface area contributed by atoms with Gasteiger partial charge in [0.15, 0.2) is 9.84 Å². The van der Waals surface area contributed by atoms with Crippen molar-refractivity contribution in [3.63, 3.8) is 0 Å². The molecule has 0 atom stereocenters. The number of hydrogen-bond donors (Lipinski definition) is 1. The summed E-state index contributed by atoms with van der Waals surface area (Å²) in [6, 6.07) is 14.4. The van der Waals surface area contributed by atoms with Crippen molar-refractivity contribution in [2.45, 2.75) is 11.8 Å². The highest BCUT2D eigenvalue weighted by atomic mass is 32.2. The molecule has 1 aromatic heterocycles. The molecular weight excluding hydrogens is 355 g/mol. The molecule has 2 aromatic carbocycles. The van der Waals surface area contributed by atoms with Gasteiger partial charge in [0.2, 0.25) is 0 Å². The molecule has 0 aliphatic rings. The second kappa shape index (κ2) is 6.76. The van der Waals surface area contributed by atoms with E-state index in [0.717, 1.165) is 23.2 Å². The lowest BCUT2D eigenvalue weighted by Gasteiger charge is -2.12. The molecule has 0 radical (unpaired) electrons. The van der Waals surface area contributed by atoms with E-state index in [2.05, 4.69) is 5.16 Å². The van der Waals surface area contributed by atoms with Gasteiger partial charge in [0.05, 0.1) is 16.8 Å². The number of hydrogen-bond acceptors (Lipinski definition) is 4. The number of benzene rings is 2. The normalized spacial score (nSPS) is 12.0. The highest BCUT2D eigenvalue weighted by molar-refractivity contribution is 7.90. The summed E-state index contributed by atoms with van der Waals surface area (Å²) in [5.41, 5.74) is 3.52.